The highest BCUT2D eigenvalue weighted by atomic mass is 16.2. The van der Waals surface area contributed by atoms with Gasteiger partial charge in [-0.25, -0.2) is 0 Å². The predicted octanol–water partition coefficient (Wildman–Crippen LogP) is 2.69. The summed E-state index contributed by atoms with van der Waals surface area (Å²) in [6.45, 7) is 13.0. The highest BCUT2D eigenvalue weighted by molar-refractivity contribution is 5.82. The first-order valence-electron chi connectivity index (χ1n) is 7.54. The van der Waals surface area contributed by atoms with Crippen molar-refractivity contribution >= 4 is 5.91 Å². The van der Waals surface area contributed by atoms with Gasteiger partial charge in [0, 0.05) is 6.04 Å². The fraction of sp³-hybridized carbons (Fsp3) is 0.938. The van der Waals surface area contributed by atoms with Crippen molar-refractivity contribution in [3.8, 4) is 0 Å². The maximum absolute atomic E-state index is 12.4. The Morgan fingerprint density at radius 3 is 2.32 bits per heavy atom. The standard InChI is InChI=1S/C16H30N2O/c1-14(2,3)11(17)12(19)18-13-15(4,5)10-7-8-16(13,6)9-10/h10-11,13H,7-9,17H2,1-6H3,(H,18,19)/t10?,11-,13?,16?/m1/s1. The average Bonchev–Trinajstić information content (AvgIpc) is 2.73. The molecule has 0 radical (unpaired) electrons. The number of nitrogens with one attached hydrogen (secondary N) is 1. The van der Waals surface area contributed by atoms with Gasteiger partial charge in [-0.1, -0.05) is 41.5 Å². The maximum Gasteiger partial charge on any atom is 0.237 e. The van der Waals surface area contributed by atoms with Gasteiger partial charge in [-0.2, -0.15) is 0 Å². The molecule has 3 unspecified atom stereocenters. The Hall–Kier alpha value is -0.570. The zero-order valence-electron chi connectivity index (χ0n) is 13.3. The minimum absolute atomic E-state index is 0.0133. The van der Waals surface area contributed by atoms with Gasteiger partial charge in [0.05, 0.1) is 6.04 Å². The van der Waals surface area contributed by atoms with E-state index in [-0.39, 0.29) is 28.2 Å². The van der Waals surface area contributed by atoms with Crippen LogP contribution < -0.4 is 11.1 Å². The number of hydrogen-bond donors (Lipinski definition) is 2. The van der Waals surface area contributed by atoms with Crippen LogP contribution >= 0.6 is 0 Å². The van der Waals surface area contributed by atoms with Gasteiger partial charge in [0.2, 0.25) is 5.91 Å². The van der Waals surface area contributed by atoms with E-state index in [1.807, 2.05) is 20.8 Å². The van der Waals surface area contributed by atoms with E-state index in [2.05, 4.69) is 26.1 Å². The van der Waals surface area contributed by atoms with Gasteiger partial charge in [-0.3, -0.25) is 4.79 Å². The molecule has 2 rings (SSSR count). The molecule has 2 aliphatic carbocycles. The van der Waals surface area contributed by atoms with Crippen molar-refractivity contribution in [2.24, 2.45) is 27.9 Å². The van der Waals surface area contributed by atoms with Crippen LogP contribution in [0.3, 0.4) is 0 Å². The molecule has 1 amide bonds. The lowest BCUT2D eigenvalue weighted by atomic mass is 9.68. The molecule has 0 saturated heterocycles. The van der Waals surface area contributed by atoms with Crippen LogP contribution in [0.2, 0.25) is 0 Å². The number of rotatable bonds is 2. The monoisotopic (exact) mass is 266 g/mol. The molecule has 3 heteroatoms. The molecule has 0 aromatic heterocycles. The van der Waals surface area contributed by atoms with E-state index in [1.54, 1.807) is 0 Å². The molecule has 4 atom stereocenters. The number of fused-ring (bicyclic) bond motifs is 2. The molecule has 2 bridgehead atoms. The maximum atomic E-state index is 12.4. The highest BCUT2D eigenvalue weighted by Gasteiger charge is 2.59. The number of carbonyl (C=O) groups is 1. The second-order valence-electron chi connectivity index (χ2n) is 8.70. The summed E-state index contributed by atoms with van der Waals surface area (Å²) >= 11 is 0. The summed E-state index contributed by atoms with van der Waals surface area (Å²) < 4.78 is 0. The van der Waals surface area contributed by atoms with Crippen LogP contribution in [0.5, 0.6) is 0 Å². The summed E-state index contributed by atoms with van der Waals surface area (Å²) in [4.78, 5) is 12.4. The molecule has 0 heterocycles. The summed E-state index contributed by atoms with van der Waals surface area (Å²) in [5.74, 6) is 0.757. The topological polar surface area (TPSA) is 55.1 Å². The van der Waals surface area contributed by atoms with Crippen LogP contribution in [-0.2, 0) is 4.79 Å². The van der Waals surface area contributed by atoms with Crippen LogP contribution in [-0.4, -0.2) is 18.0 Å². The first-order valence-corrected chi connectivity index (χ1v) is 7.54. The first-order chi connectivity index (χ1) is 8.48. The number of hydrogen-bond acceptors (Lipinski definition) is 2. The van der Waals surface area contributed by atoms with Gasteiger partial charge in [-0.15, -0.1) is 0 Å². The van der Waals surface area contributed by atoms with E-state index < -0.39 is 6.04 Å². The third kappa shape index (κ3) is 2.31. The van der Waals surface area contributed by atoms with Gasteiger partial charge in [-0.05, 0) is 41.4 Å². The quantitative estimate of drug-likeness (QED) is 0.807. The Morgan fingerprint density at radius 1 is 1.32 bits per heavy atom. The third-order valence-corrected chi connectivity index (χ3v) is 5.77. The molecule has 3 N–H and O–H groups in total. The highest BCUT2D eigenvalue weighted by Crippen LogP contribution is 2.62. The molecule has 2 fully saturated rings. The van der Waals surface area contributed by atoms with E-state index >= 15 is 0 Å². The van der Waals surface area contributed by atoms with E-state index in [4.69, 9.17) is 5.73 Å². The molecule has 2 aliphatic rings. The van der Waals surface area contributed by atoms with Crippen molar-refractivity contribution in [1.82, 2.24) is 5.32 Å². The molecule has 3 nitrogen and oxygen atoms in total. The van der Waals surface area contributed by atoms with Crippen LogP contribution in [0, 0.1) is 22.2 Å². The normalized spacial score (nSPS) is 38.3. The molecule has 0 aromatic rings. The van der Waals surface area contributed by atoms with Crippen molar-refractivity contribution in [3.63, 3.8) is 0 Å². The van der Waals surface area contributed by atoms with Crippen molar-refractivity contribution in [2.75, 3.05) is 0 Å². The Bertz CT molecular complexity index is 378. The zero-order chi connectivity index (χ0) is 14.6. The molecular weight excluding hydrogens is 236 g/mol. The zero-order valence-corrected chi connectivity index (χ0v) is 13.3. The minimum Gasteiger partial charge on any atom is -0.351 e. The fourth-order valence-electron chi connectivity index (χ4n) is 4.29. The van der Waals surface area contributed by atoms with Crippen LogP contribution in [0.25, 0.3) is 0 Å². The van der Waals surface area contributed by atoms with Crippen LogP contribution in [0.15, 0.2) is 0 Å². The summed E-state index contributed by atoms with van der Waals surface area (Å²) in [6.07, 6.45) is 3.79. The SMILES string of the molecule is CC12CCC(C1)C(C)(C)C2NC(=O)[C@@H](N)C(C)(C)C. The van der Waals surface area contributed by atoms with Crippen LogP contribution in [0.4, 0.5) is 0 Å². The second-order valence-corrected chi connectivity index (χ2v) is 8.70. The molecule has 110 valence electrons. The van der Waals surface area contributed by atoms with Crippen molar-refractivity contribution in [2.45, 2.75) is 72.9 Å². The van der Waals surface area contributed by atoms with E-state index in [0.717, 1.165) is 5.92 Å². The summed E-state index contributed by atoms with van der Waals surface area (Å²) in [5, 5.41) is 3.28. The van der Waals surface area contributed by atoms with Crippen molar-refractivity contribution < 1.29 is 4.79 Å². The molecule has 0 aliphatic heterocycles. The van der Waals surface area contributed by atoms with Gasteiger partial charge in [0.25, 0.3) is 0 Å². The van der Waals surface area contributed by atoms with Gasteiger partial charge >= 0.3 is 0 Å². The van der Waals surface area contributed by atoms with Gasteiger partial charge in [0.1, 0.15) is 0 Å². The van der Waals surface area contributed by atoms with Gasteiger partial charge in [0.15, 0.2) is 0 Å². The lowest BCUT2D eigenvalue weighted by Crippen LogP contribution is -2.58. The molecule has 2 saturated carbocycles. The Balaban J connectivity index is 2.13. The van der Waals surface area contributed by atoms with E-state index in [1.165, 1.54) is 19.3 Å². The van der Waals surface area contributed by atoms with Crippen LogP contribution in [0.1, 0.15) is 60.8 Å². The van der Waals surface area contributed by atoms with E-state index in [9.17, 15) is 4.79 Å². The average molecular weight is 266 g/mol. The molecule has 0 aromatic carbocycles. The molecular formula is C16H30N2O. The van der Waals surface area contributed by atoms with Crippen molar-refractivity contribution in [1.29, 1.82) is 0 Å². The smallest absolute Gasteiger partial charge is 0.237 e. The predicted molar refractivity (Wildman–Crippen MR) is 78.6 cm³/mol. The Labute approximate surface area is 117 Å². The lowest BCUT2D eigenvalue weighted by molar-refractivity contribution is -0.127. The molecule has 19 heavy (non-hydrogen) atoms. The lowest BCUT2D eigenvalue weighted by Gasteiger charge is -2.44. The minimum atomic E-state index is -0.439. The summed E-state index contributed by atoms with van der Waals surface area (Å²) in [6, 6.07) is -0.175. The fourth-order valence-corrected chi connectivity index (χ4v) is 4.29. The Kier molecular flexibility index (Phi) is 3.29. The largest absolute Gasteiger partial charge is 0.351 e. The summed E-state index contributed by atoms with van der Waals surface area (Å²) in [5.41, 5.74) is 6.36. The Morgan fingerprint density at radius 2 is 1.89 bits per heavy atom. The van der Waals surface area contributed by atoms with Crippen molar-refractivity contribution in [3.05, 3.63) is 0 Å². The first kappa shape index (κ1) is 14.8. The third-order valence-electron chi connectivity index (χ3n) is 5.77. The molecule has 0 spiro atoms. The number of carbonyl (C=O) groups excluding carboxylic acids is 1. The second kappa shape index (κ2) is 4.21. The van der Waals surface area contributed by atoms with E-state index in [0.29, 0.717) is 0 Å². The van der Waals surface area contributed by atoms with Gasteiger partial charge < -0.3 is 11.1 Å². The number of amides is 1. The summed E-state index contributed by atoms with van der Waals surface area (Å²) in [7, 11) is 0. The number of nitrogens with two attached hydrogens (primary N) is 1.